The molecule has 4 fully saturated rings. The van der Waals surface area contributed by atoms with Crippen molar-refractivity contribution in [3.05, 3.63) is 95.8 Å². The Morgan fingerprint density at radius 1 is 0.648 bits per heavy atom. The third-order valence-electron chi connectivity index (χ3n) is 15.4. The van der Waals surface area contributed by atoms with Crippen LogP contribution >= 0.6 is 0 Å². The third-order valence-corrected chi connectivity index (χ3v) is 15.4. The van der Waals surface area contributed by atoms with Gasteiger partial charge >= 0.3 is 12.2 Å². The molecule has 0 spiro atoms. The molecule has 4 aliphatic rings. The van der Waals surface area contributed by atoms with Crippen LogP contribution in [0.3, 0.4) is 0 Å². The lowest BCUT2D eigenvalue weighted by Crippen LogP contribution is -2.61. The fourth-order valence-electron chi connectivity index (χ4n) is 9.92. The summed E-state index contributed by atoms with van der Waals surface area (Å²) < 4.78 is 14.3. The zero-order valence-electron chi connectivity index (χ0n) is 55.8. The van der Waals surface area contributed by atoms with E-state index in [9.17, 15) is 34.0 Å². The summed E-state index contributed by atoms with van der Waals surface area (Å²) in [5.74, 6) is 1.93. The number of amides is 5. The number of aldehydes is 1. The normalized spacial score (nSPS) is 15.2. The van der Waals surface area contributed by atoms with Crippen molar-refractivity contribution in [2.45, 2.75) is 150 Å². The van der Waals surface area contributed by atoms with Crippen molar-refractivity contribution < 1.29 is 38.2 Å². The third kappa shape index (κ3) is 20.1. The van der Waals surface area contributed by atoms with E-state index in [1.165, 1.54) is 0 Å². The first-order valence-corrected chi connectivity index (χ1v) is 31.3. The molecule has 8 heterocycles. The Hall–Kier alpha value is -8.73. The Bertz CT molecular complexity index is 3490. The maximum absolute atomic E-state index is 11.6. The van der Waals surface area contributed by atoms with Crippen LogP contribution in [0, 0.1) is 11.3 Å². The number of fused-ring (bicyclic) bond motifs is 2. The topological polar surface area (TPSA) is 296 Å². The molecular formula is C66H95N17O8. The first kappa shape index (κ1) is 71.3. The van der Waals surface area contributed by atoms with Gasteiger partial charge in [0.15, 0.2) is 0 Å². The number of hydrogen-bond donors (Lipinski definition) is 5. The summed E-state index contributed by atoms with van der Waals surface area (Å²) in [6.07, 6.45) is 10.7. The van der Waals surface area contributed by atoms with E-state index in [0.29, 0.717) is 70.1 Å². The number of nitrogens with zero attached hydrogens (tertiary/aromatic N) is 12. The summed E-state index contributed by atoms with van der Waals surface area (Å²) in [7, 11) is 7.94. The fourth-order valence-corrected chi connectivity index (χ4v) is 9.92. The van der Waals surface area contributed by atoms with Gasteiger partial charge in [-0.1, -0.05) is 46.8 Å². The van der Waals surface area contributed by atoms with E-state index in [1.807, 2.05) is 134 Å². The number of aromatic nitrogens is 6. The lowest BCUT2D eigenvalue weighted by atomic mass is 9.96. The predicted octanol–water partition coefficient (Wildman–Crippen LogP) is 7.37. The van der Waals surface area contributed by atoms with Gasteiger partial charge in [0.1, 0.15) is 46.2 Å². The fraction of sp³-hybridized carbons (Fsp3) is 0.530. The molecule has 0 radical (unpaired) electrons. The molecule has 2 aromatic carbocycles. The van der Waals surface area contributed by atoms with Gasteiger partial charge in [0.25, 0.3) is 0 Å². The van der Waals surface area contributed by atoms with Crippen LogP contribution in [0.5, 0.6) is 0 Å². The monoisotopic (exact) mass is 1250 g/mol. The molecule has 0 aliphatic carbocycles. The Labute approximate surface area is 535 Å². The number of pyridine rings is 2. The van der Waals surface area contributed by atoms with Crippen molar-refractivity contribution in [2.24, 2.45) is 19.8 Å². The van der Waals surface area contributed by atoms with Gasteiger partial charge in [-0.05, 0) is 95.3 Å². The van der Waals surface area contributed by atoms with E-state index in [0.717, 1.165) is 94.0 Å². The summed E-state index contributed by atoms with van der Waals surface area (Å²) in [6, 6.07) is 18.9. The molecule has 4 aromatic heterocycles. The van der Waals surface area contributed by atoms with Crippen molar-refractivity contribution in [2.75, 3.05) is 76.3 Å². The summed E-state index contributed by atoms with van der Waals surface area (Å²) >= 11 is 0. The highest BCUT2D eigenvalue weighted by Crippen LogP contribution is 2.34. The molecule has 10 rings (SSSR count). The molecule has 5 amide bonds. The van der Waals surface area contributed by atoms with Crippen LogP contribution < -0.4 is 36.8 Å². The molecule has 6 N–H and O–H groups in total. The molecule has 1 unspecified atom stereocenters. The van der Waals surface area contributed by atoms with E-state index < -0.39 is 11.2 Å². The largest absolute Gasteiger partial charge is 0.444 e. The van der Waals surface area contributed by atoms with Crippen molar-refractivity contribution in [3.8, 4) is 6.07 Å². The SMILES string of the molecule is CC(C)(C)OC(=O)N1CC(N)C1.CCC(=O)NC1CN(C(=O)OC(C)(C)C)C1.CCC(=O)NC1CN(C(C#N)c2ccc(N(C)c3cc4c(cn3)ncn4C)c(CC)c2)C1.CCC(=O)NC1CNC1.CCc1cc(C=O)ccc1N(C)c1cc2c(cn1)ncn2C. The van der Waals surface area contributed by atoms with Crippen molar-refractivity contribution in [3.63, 3.8) is 0 Å². The molecule has 6 aromatic rings. The van der Waals surface area contributed by atoms with E-state index in [4.69, 9.17) is 15.2 Å². The molecule has 25 heteroatoms. The van der Waals surface area contributed by atoms with E-state index in [2.05, 4.69) is 83.1 Å². The van der Waals surface area contributed by atoms with Crippen LogP contribution in [-0.4, -0.2) is 182 Å². The summed E-state index contributed by atoms with van der Waals surface area (Å²) in [5.41, 5.74) is 14.6. The Morgan fingerprint density at radius 2 is 1.08 bits per heavy atom. The average molecular weight is 1250 g/mol. The van der Waals surface area contributed by atoms with Gasteiger partial charge in [-0.15, -0.1) is 0 Å². The number of anilines is 4. The number of aryl methyl sites for hydroxylation is 4. The zero-order valence-corrected chi connectivity index (χ0v) is 55.8. The minimum Gasteiger partial charge on any atom is -0.444 e. The maximum Gasteiger partial charge on any atom is 0.410 e. The van der Waals surface area contributed by atoms with Crippen LogP contribution in [-0.2, 0) is 50.8 Å². The number of carbonyl (C=O) groups excluding carboxylic acids is 6. The van der Waals surface area contributed by atoms with E-state index in [-0.39, 0.29) is 54.1 Å². The smallest absolute Gasteiger partial charge is 0.410 e. The summed E-state index contributed by atoms with van der Waals surface area (Å²) in [4.78, 5) is 94.2. The molecular weight excluding hydrogens is 1160 g/mol. The number of imidazole rings is 2. The van der Waals surface area contributed by atoms with Gasteiger partial charge in [-0.25, -0.2) is 29.5 Å². The number of nitrogens with one attached hydrogen (secondary N) is 4. The van der Waals surface area contributed by atoms with Gasteiger partial charge in [0.2, 0.25) is 17.7 Å². The number of benzene rings is 2. The van der Waals surface area contributed by atoms with Crippen LogP contribution in [0.4, 0.5) is 32.6 Å². The molecule has 492 valence electrons. The predicted molar refractivity (Wildman–Crippen MR) is 353 cm³/mol. The van der Waals surface area contributed by atoms with Gasteiger partial charge in [-0.3, -0.25) is 24.1 Å². The van der Waals surface area contributed by atoms with Crippen LogP contribution in [0.25, 0.3) is 22.1 Å². The van der Waals surface area contributed by atoms with Gasteiger partial charge in [0.05, 0.1) is 60.3 Å². The highest BCUT2D eigenvalue weighted by atomic mass is 16.6. The van der Waals surface area contributed by atoms with Gasteiger partial charge in [0, 0.05) is 135 Å². The number of nitrogens with two attached hydrogens (primary N) is 1. The molecule has 4 saturated heterocycles. The van der Waals surface area contributed by atoms with Crippen molar-refractivity contribution in [1.82, 2.24) is 65.0 Å². The number of hydrogen-bond acceptors (Lipinski definition) is 18. The molecule has 25 nitrogen and oxygen atoms in total. The zero-order chi connectivity index (χ0) is 66.9. The van der Waals surface area contributed by atoms with Crippen molar-refractivity contribution >= 4 is 81.3 Å². The second kappa shape index (κ2) is 32.3. The second-order valence-electron chi connectivity index (χ2n) is 25.0. The van der Waals surface area contributed by atoms with E-state index in [1.54, 1.807) is 41.8 Å². The Kier molecular flexibility index (Phi) is 25.3. The van der Waals surface area contributed by atoms with Gasteiger partial charge < -0.3 is 65.2 Å². The number of nitriles is 1. The standard InChI is InChI=1S/C24H29N7O.C17H18N4O.C11H20N2O3.C8H16N2O2.C6H12N2O/c1-5-16-9-17(22(11-25)31-13-18(14-31)28-24(32)6-2)7-8-20(16)30(4)23-10-21-19(12-26-23)27-15-29(21)3;1-4-13-7-12(10-22)5-6-15(13)21(3)17-8-16-14(9-18-17)19-11-20(16)2;1-5-9(14)12-8-6-13(7-8)10(15)16-11(2,3)4;1-8(2,3)12-7(11)10-4-6(9)5-10;1-2-6(9)8-5-3-7-4-5/h7-10,12,15,18,22H,5-6,13-14H2,1-4H3,(H,28,32);5-11H,4H2,1-3H3;8H,5-7H2,1-4H3,(H,12,14);6H,4-5,9H2,1-3H3;5,7H,2-4H2,1H3,(H,8,9). The summed E-state index contributed by atoms with van der Waals surface area (Å²) in [5, 5.41) is 21.6. The Morgan fingerprint density at radius 3 is 1.47 bits per heavy atom. The van der Waals surface area contributed by atoms with Crippen molar-refractivity contribution in [1.29, 1.82) is 5.26 Å². The highest BCUT2D eigenvalue weighted by Gasteiger charge is 2.36. The minimum atomic E-state index is -0.463. The minimum absolute atomic E-state index is 0.0221. The van der Waals surface area contributed by atoms with Gasteiger partial charge in [-0.2, -0.15) is 5.26 Å². The second-order valence-corrected chi connectivity index (χ2v) is 25.0. The first-order valence-electron chi connectivity index (χ1n) is 31.3. The lowest BCUT2D eigenvalue weighted by Gasteiger charge is -2.42. The molecule has 4 aliphatic heterocycles. The van der Waals surface area contributed by atoms with Crippen LogP contribution in [0.15, 0.2) is 73.6 Å². The summed E-state index contributed by atoms with van der Waals surface area (Å²) in [6.45, 7) is 26.4. The number of likely N-dealkylation sites (tertiary alicyclic amines) is 3. The molecule has 0 bridgehead atoms. The molecule has 0 saturated carbocycles. The number of rotatable bonds is 15. The quantitative estimate of drug-likeness (QED) is 0.0627. The maximum atomic E-state index is 11.6. The van der Waals surface area contributed by atoms with Crippen LogP contribution in [0.2, 0.25) is 0 Å². The average Bonchev–Trinajstić information content (AvgIpc) is 1.75. The number of ether oxygens (including phenoxy) is 2. The molecule has 91 heavy (non-hydrogen) atoms. The first-order chi connectivity index (χ1) is 43.1. The Balaban J connectivity index is 0.000000194. The lowest BCUT2D eigenvalue weighted by molar-refractivity contribution is -0.123. The van der Waals surface area contributed by atoms with E-state index >= 15 is 0 Å². The highest BCUT2D eigenvalue weighted by molar-refractivity contribution is 5.82. The number of carbonyl (C=O) groups is 6. The molecule has 1 atom stereocenters. The van der Waals surface area contributed by atoms with Crippen LogP contribution in [0.1, 0.15) is 129 Å².